The second-order valence-electron chi connectivity index (χ2n) is 7.67. The molecule has 7 heteroatoms. The SMILES string of the molecule is CCOc1ccc(-n2c(Cc3ccccc3)nnc2SCC(=O)Nc2ccccc2CC)cc1. The topological polar surface area (TPSA) is 69.0 Å². The van der Waals surface area contributed by atoms with E-state index in [1.165, 1.54) is 11.8 Å². The van der Waals surface area contributed by atoms with Crippen molar-refractivity contribution in [2.24, 2.45) is 0 Å². The summed E-state index contributed by atoms with van der Waals surface area (Å²) in [5.41, 5.74) is 4.04. The lowest BCUT2D eigenvalue weighted by Crippen LogP contribution is -2.15. The van der Waals surface area contributed by atoms with Gasteiger partial charge in [0, 0.05) is 17.8 Å². The van der Waals surface area contributed by atoms with Crippen LogP contribution in [0.15, 0.2) is 84.0 Å². The number of carbonyl (C=O) groups is 1. The van der Waals surface area contributed by atoms with E-state index in [0.29, 0.717) is 18.2 Å². The van der Waals surface area contributed by atoms with Crippen molar-refractivity contribution < 1.29 is 9.53 Å². The fourth-order valence-electron chi connectivity index (χ4n) is 3.67. The third-order valence-corrected chi connectivity index (χ3v) is 6.25. The predicted octanol–water partition coefficient (Wildman–Crippen LogP) is 5.55. The molecule has 0 aliphatic carbocycles. The van der Waals surface area contributed by atoms with Gasteiger partial charge in [-0.25, -0.2) is 0 Å². The van der Waals surface area contributed by atoms with E-state index in [1.807, 2.05) is 78.2 Å². The molecule has 4 rings (SSSR count). The van der Waals surface area contributed by atoms with E-state index in [9.17, 15) is 4.79 Å². The Kier molecular flexibility index (Phi) is 7.99. The van der Waals surface area contributed by atoms with Crippen molar-refractivity contribution in [3.05, 3.63) is 95.8 Å². The molecule has 1 heterocycles. The quantitative estimate of drug-likeness (QED) is 0.307. The Morgan fingerprint density at radius 1 is 0.941 bits per heavy atom. The molecule has 0 saturated heterocycles. The summed E-state index contributed by atoms with van der Waals surface area (Å²) in [5.74, 6) is 1.79. The van der Waals surface area contributed by atoms with Crippen molar-refractivity contribution in [2.45, 2.75) is 31.8 Å². The molecule has 0 unspecified atom stereocenters. The molecule has 0 radical (unpaired) electrons. The Balaban J connectivity index is 1.55. The predicted molar refractivity (Wildman–Crippen MR) is 137 cm³/mol. The van der Waals surface area contributed by atoms with Crippen molar-refractivity contribution >= 4 is 23.4 Å². The fraction of sp³-hybridized carbons (Fsp3) is 0.222. The maximum atomic E-state index is 12.7. The first-order chi connectivity index (χ1) is 16.7. The normalized spacial score (nSPS) is 10.8. The zero-order chi connectivity index (χ0) is 23.8. The maximum Gasteiger partial charge on any atom is 0.234 e. The number of aryl methyl sites for hydroxylation is 1. The van der Waals surface area contributed by atoms with Crippen LogP contribution >= 0.6 is 11.8 Å². The van der Waals surface area contributed by atoms with Crippen molar-refractivity contribution in [1.82, 2.24) is 14.8 Å². The third kappa shape index (κ3) is 5.85. The first-order valence-corrected chi connectivity index (χ1v) is 12.4. The summed E-state index contributed by atoms with van der Waals surface area (Å²) in [5, 5.41) is 12.6. The molecule has 1 aromatic heterocycles. The third-order valence-electron chi connectivity index (χ3n) is 5.32. The average molecular weight is 473 g/mol. The van der Waals surface area contributed by atoms with Gasteiger partial charge in [0.15, 0.2) is 5.16 Å². The second-order valence-corrected chi connectivity index (χ2v) is 8.61. The highest BCUT2D eigenvalue weighted by Gasteiger charge is 2.17. The number of para-hydroxylation sites is 1. The molecular formula is C27H28N4O2S. The van der Waals surface area contributed by atoms with Crippen LogP contribution in [0.5, 0.6) is 5.75 Å². The van der Waals surface area contributed by atoms with Crippen LogP contribution in [0, 0.1) is 0 Å². The number of nitrogens with one attached hydrogen (secondary N) is 1. The molecular weight excluding hydrogens is 444 g/mol. The van der Waals surface area contributed by atoms with Crippen LogP contribution in [0.25, 0.3) is 5.69 Å². The molecule has 4 aromatic rings. The van der Waals surface area contributed by atoms with Gasteiger partial charge < -0.3 is 10.1 Å². The summed E-state index contributed by atoms with van der Waals surface area (Å²) < 4.78 is 7.60. The molecule has 1 N–H and O–H groups in total. The van der Waals surface area contributed by atoms with Crippen molar-refractivity contribution in [3.63, 3.8) is 0 Å². The molecule has 0 fully saturated rings. The number of carbonyl (C=O) groups excluding carboxylic acids is 1. The van der Waals surface area contributed by atoms with E-state index < -0.39 is 0 Å². The number of nitrogens with zero attached hydrogens (tertiary/aromatic N) is 3. The summed E-state index contributed by atoms with van der Waals surface area (Å²) in [7, 11) is 0. The maximum absolute atomic E-state index is 12.7. The Labute approximate surface area is 204 Å². The number of thioether (sulfide) groups is 1. The molecule has 1 amide bonds. The zero-order valence-electron chi connectivity index (χ0n) is 19.4. The van der Waals surface area contributed by atoms with Crippen LogP contribution in [0.2, 0.25) is 0 Å². The van der Waals surface area contributed by atoms with Crippen LogP contribution < -0.4 is 10.1 Å². The van der Waals surface area contributed by atoms with E-state index >= 15 is 0 Å². The van der Waals surface area contributed by atoms with Crippen LogP contribution in [-0.4, -0.2) is 33.0 Å². The molecule has 6 nitrogen and oxygen atoms in total. The number of rotatable bonds is 10. The lowest BCUT2D eigenvalue weighted by molar-refractivity contribution is -0.113. The van der Waals surface area contributed by atoms with Gasteiger partial charge in [0.25, 0.3) is 0 Å². The summed E-state index contributed by atoms with van der Waals surface area (Å²) in [6.07, 6.45) is 1.50. The smallest absolute Gasteiger partial charge is 0.234 e. The number of anilines is 1. The van der Waals surface area contributed by atoms with E-state index in [0.717, 1.165) is 40.5 Å². The van der Waals surface area contributed by atoms with Crippen LogP contribution in [0.3, 0.4) is 0 Å². The molecule has 0 saturated carbocycles. The summed E-state index contributed by atoms with van der Waals surface area (Å²) in [6.45, 7) is 4.65. The van der Waals surface area contributed by atoms with Gasteiger partial charge in [-0.15, -0.1) is 10.2 Å². The molecule has 0 bridgehead atoms. The average Bonchev–Trinajstić information content (AvgIpc) is 3.26. The van der Waals surface area contributed by atoms with Crippen molar-refractivity contribution in [3.8, 4) is 11.4 Å². The molecule has 34 heavy (non-hydrogen) atoms. The highest BCUT2D eigenvalue weighted by atomic mass is 32.2. The highest BCUT2D eigenvalue weighted by Crippen LogP contribution is 2.26. The standard InChI is InChI=1S/C27H28N4O2S/c1-3-21-12-8-9-13-24(21)28-26(32)19-34-27-30-29-25(18-20-10-6-5-7-11-20)31(27)22-14-16-23(17-15-22)33-4-2/h5-17H,3-4,18-19H2,1-2H3,(H,28,32). The number of aromatic nitrogens is 3. The lowest BCUT2D eigenvalue weighted by Gasteiger charge is -2.12. The van der Waals surface area contributed by atoms with Crippen molar-refractivity contribution in [2.75, 3.05) is 17.7 Å². The zero-order valence-corrected chi connectivity index (χ0v) is 20.2. The van der Waals surface area contributed by atoms with Gasteiger partial charge in [-0.2, -0.15) is 0 Å². The number of hydrogen-bond donors (Lipinski definition) is 1. The van der Waals surface area contributed by atoms with Gasteiger partial charge in [0.1, 0.15) is 11.6 Å². The lowest BCUT2D eigenvalue weighted by atomic mass is 10.1. The van der Waals surface area contributed by atoms with Crippen LogP contribution in [-0.2, 0) is 17.6 Å². The van der Waals surface area contributed by atoms with Gasteiger partial charge in [-0.1, -0.05) is 67.2 Å². The van der Waals surface area contributed by atoms with Gasteiger partial charge in [-0.05, 0) is 54.8 Å². The largest absolute Gasteiger partial charge is 0.494 e. The summed E-state index contributed by atoms with van der Waals surface area (Å²) >= 11 is 1.37. The Morgan fingerprint density at radius 2 is 1.68 bits per heavy atom. The monoisotopic (exact) mass is 472 g/mol. The highest BCUT2D eigenvalue weighted by molar-refractivity contribution is 7.99. The molecule has 174 valence electrons. The van der Waals surface area contributed by atoms with Gasteiger partial charge in [-0.3, -0.25) is 9.36 Å². The Morgan fingerprint density at radius 3 is 2.41 bits per heavy atom. The number of benzene rings is 3. The molecule has 0 aliphatic heterocycles. The molecule has 3 aromatic carbocycles. The Bertz CT molecular complexity index is 1220. The Hall–Kier alpha value is -3.58. The molecule has 0 atom stereocenters. The van der Waals surface area contributed by atoms with Crippen LogP contribution in [0.4, 0.5) is 5.69 Å². The van der Waals surface area contributed by atoms with Crippen LogP contribution in [0.1, 0.15) is 30.8 Å². The van der Waals surface area contributed by atoms with E-state index in [4.69, 9.17) is 4.74 Å². The van der Waals surface area contributed by atoms with E-state index in [-0.39, 0.29) is 11.7 Å². The van der Waals surface area contributed by atoms with Gasteiger partial charge >= 0.3 is 0 Å². The minimum Gasteiger partial charge on any atom is -0.494 e. The van der Waals surface area contributed by atoms with E-state index in [2.05, 4.69) is 34.6 Å². The fourth-order valence-corrected chi connectivity index (χ4v) is 4.44. The van der Waals surface area contributed by atoms with Crippen molar-refractivity contribution in [1.29, 1.82) is 0 Å². The van der Waals surface area contributed by atoms with Gasteiger partial charge in [0.05, 0.1) is 12.4 Å². The minimum absolute atomic E-state index is 0.0725. The number of amides is 1. The number of hydrogen-bond acceptors (Lipinski definition) is 5. The first-order valence-electron chi connectivity index (χ1n) is 11.4. The minimum atomic E-state index is -0.0725. The molecule has 0 spiro atoms. The van der Waals surface area contributed by atoms with Gasteiger partial charge in [0.2, 0.25) is 5.91 Å². The summed E-state index contributed by atoms with van der Waals surface area (Å²) in [4.78, 5) is 12.7. The summed E-state index contributed by atoms with van der Waals surface area (Å²) in [6, 6.07) is 25.9. The molecule has 0 aliphatic rings. The van der Waals surface area contributed by atoms with E-state index in [1.54, 1.807) is 0 Å². The number of ether oxygens (including phenoxy) is 1. The second kappa shape index (κ2) is 11.5. The first kappa shape index (κ1) is 23.6.